The molecule has 0 aromatic heterocycles. The van der Waals surface area contributed by atoms with Crippen LogP contribution >= 0.6 is 11.8 Å². The summed E-state index contributed by atoms with van der Waals surface area (Å²) < 4.78 is 18.8. The van der Waals surface area contributed by atoms with E-state index in [4.69, 9.17) is 4.74 Å². The number of aliphatic imine (C=N–C) groups is 1. The van der Waals surface area contributed by atoms with E-state index < -0.39 is 5.82 Å². The smallest absolute Gasteiger partial charge is 0.266 e. The zero-order chi connectivity index (χ0) is 18.0. The molecule has 1 saturated heterocycles. The van der Waals surface area contributed by atoms with Crippen molar-refractivity contribution in [3.8, 4) is 11.5 Å². The van der Waals surface area contributed by atoms with Crippen LogP contribution in [0.5, 0.6) is 11.5 Å². The Morgan fingerprint density at radius 3 is 2.76 bits per heavy atom. The number of benzene rings is 2. The first-order valence-corrected chi connectivity index (χ1v) is 8.19. The van der Waals surface area contributed by atoms with Gasteiger partial charge in [-0.1, -0.05) is 18.2 Å². The van der Waals surface area contributed by atoms with Crippen molar-refractivity contribution in [2.45, 2.75) is 0 Å². The van der Waals surface area contributed by atoms with Crippen LogP contribution in [-0.2, 0) is 4.79 Å². The molecular formula is C18H15FN2O3S. The number of halogens is 1. The minimum Gasteiger partial charge on any atom is -0.504 e. The molecule has 0 bridgehead atoms. The Morgan fingerprint density at radius 2 is 2.04 bits per heavy atom. The van der Waals surface area contributed by atoms with Gasteiger partial charge in [-0.2, -0.15) is 0 Å². The fourth-order valence-electron chi connectivity index (χ4n) is 2.23. The highest BCUT2D eigenvalue weighted by molar-refractivity contribution is 8.18. The van der Waals surface area contributed by atoms with Crippen LogP contribution in [0.2, 0.25) is 0 Å². The number of phenols is 1. The van der Waals surface area contributed by atoms with E-state index in [1.807, 2.05) is 0 Å². The molecule has 1 fully saturated rings. The highest BCUT2D eigenvalue weighted by atomic mass is 32.2. The van der Waals surface area contributed by atoms with E-state index in [0.29, 0.717) is 21.4 Å². The number of methoxy groups -OCH3 is 1. The van der Waals surface area contributed by atoms with Gasteiger partial charge in [-0.05, 0) is 47.7 Å². The normalized spacial score (nSPS) is 17.6. The Labute approximate surface area is 148 Å². The van der Waals surface area contributed by atoms with Gasteiger partial charge in [0.1, 0.15) is 11.5 Å². The lowest BCUT2D eigenvalue weighted by molar-refractivity contribution is -0.121. The largest absolute Gasteiger partial charge is 0.504 e. The molecule has 2 aromatic rings. The van der Waals surface area contributed by atoms with Crippen molar-refractivity contribution < 1.29 is 19.0 Å². The standard InChI is InChI=1S/C18H15FN2O3S/c1-21-17(23)16(10-11-7-8-14(22)15(9-11)24-2)25-18(21)20-13-6-4-3-5-12(13)19/h3-10,22H,1-2H3/b16-10+,20-18?. The first-order chi connectivity index (χ1) is 12.0. The number of aromatic hydroxyl groups is 1. The molecule has 0 radical (unpaired) electrons. The Morgan fingerprint density at radius 1 is 1.28 bits per heavy atom. The molecule has 0 unspecified atom stereocenters. The van der Waals surface area contributed by atoms with Crippen LogP contribution in [0.3, 0.4) is 0 Å². The lowest BCUT2D eigenvalue weighted by Gasteiger charge is -2.07. The fraction of sp³-hybridized carbons (Fsp3) is 0.111. The van der Waals surface area contributed by atoms with Crippen LogP contribution in [0.1, 0.15) is 5.56 Å². The van der Waals surface area contributed by atoms with Gasteiger partial charge in [0.2, 0.25) is 0 Å². The molecule has 1 aliphatic heterocycles. The van der Waals surface area contributed by atoms with Crippen molar-refractivity contribution in [2.24, 2.45) is 4.99 Å². The third-order valence-corrected chi connectivity index (χ3v) is 4.63. The number of nitrogens with zero attached hydrogens (tertiary/aromatic N) is 2. The fourth-order valence-corrected chi connectivity index (χ4v) is 3.21. The molecule has 0 atom stereocenters. The molecule has 1 heterocycles. The first-order valence-electron chi connectivity index (χ1n) is 7.37. The number of amides is 1. The van der Waals surface area contributed by atoms with Crippen molar-refractivity contribution >= 4 is 34.6 Å². The molecule has 1 aliphatic rings. The number of carbonyl (C=O) groups excluding carboxylic acids is 1. The van der Waals surface area contributed by atoms with Gasteiger partial charge in [0.05, 0.1) is 12.0 Å². The minimum atomic E-state index is -0.447. The van der Waals surface area contributed by atoms with E-state index in [1.165, 1.54) is 24.1 Å². The van der Waals surface area contributed by atoms with Gasteiger partial charge in [0.15, 0.2) is 16.7 Å². The molecule has 1 N–H and O–H groups in total. The van der Waals surface area contributed by atoms with E-state index in [2.05, 4.69) is 4.99 Å². The van der Waals surface area contributed by atoms with Crippen molar-refractivity contribution in [3.63, 3.8) is 0 Å². The summed E-state index contributed by atoms with van der Waals surface area (Å²) in [5, 5.41) is 10.0. The number of thioether (sulfide) groups is 1. The van der Waals surface area contributed by atoms with Crippen molar-refractivity contribution in [3.05, 3.63) is 58.8 Å². The zero-order valence-electron chi connectivity index (χ0n) is 13.6. The van der Waals surface area contributed by atoms with Gasteiger partial charge >= 0.3 is 0 Å². The zero-order valence-corrected chi connectivity index (χ0v) is 14.4. The maximum absolute atomic E-state index is 13.8. The number of ether oxygens (including phenoxy) is 1. The lowest BCUT2D eigenvalue weighted by Crippen LogP contribution is -2.23. The number of rotatable bonds is 3. The summed E-state index contributed by atoms with van der Waals surface area (Å²) in [6.07, 6.45) is 1.68. The predicted octanol–water partition coefficient (Wildman–Crippen LogP) is 3.77. The maximum Gasteiger partial charge on any atom is 0.266 e. The molecule has 7 heteroatoms. The quantitative estimate of drug-likeness (QED) is 0.849. The van der Waals surface area contributed by atoms with Gasteiger partial charge in [-0.15, -0.1) is 0 Å². The molecular weight excluding hydrogens is 343 g/mol. The maximum atomic E-state index is 13.8. The summed E-state index contributed by atoms with van der Waals surface area (Å²) in [6.45, 7) is 0. The van der Waals surface area contributed by atoms with E-state index in [9.17, 15) is 14.3 Å². The van der Waals surface area contributed by atoms with Gasteiger partial charge in [-0.25, -0.2) is 9.38 Å². The summed E-state index contributed by atoms with van der Waals surface area (Å²) in [7, 11) is 3.04. The molecule has 128 valence electrons. The van der Waals surface area contributed by atoms with Crippen LogP contribution in [0.4, 0.5) is 10.1 Å². The first kappa shape index (κ1) is 17.0. The van der Waals surface area contributed by atoms with Crippen molar-refractivity contribution in [1.82, 2.24) is 4.90 Å². The van der Waals surface area contributed by atoms with Gasteiger partial charge in [0.25, 0.3) is 5.91 Å². The summed E-state index contributed by atoms with van der Waals surface area (Å²) in [6, 6.07) is 10.9. The van der Waals surface area contributed by atoms with Gasteiger partial charge < -0.3 is 9.84 Å². The molecule has 3 rings (SSSR count). The number of hydrogen-bond acceptors (Lipinski definition) is 5. The van der Waals surface area contributed by atoms with E-state index >= 15 is 0 Å². The summed E-state index contributed by atoms with van der Waals surface area (Å²) in [5.74, 6) is -0.336. The Hall–Kier alpha value is -2.80. The summed E-state index contributed by atoms with van der Waals surface area (Å²) in [5.41, 5.74) is 0.878. The van der Waals surface area contributed by atoms with Crippen LogP contribution in [0.25, 0.3) is 6.08 Å². The number of likely N-dealkylation sites (N-methyl/N-ethyl adjacent to an activating group) is 1. The molecule has 0 aliphatic carbocycles. The monoisotopic (exact) mass is 358 g/mol. The number of amidine groups is 1. The third kappa shape index (κ3) is 3.51. The van der Waals surface area contributed by atoms with E-state index in [0.717, 1.165) is 11.8 Å². The second-order valence-corrected chi connectivity index (χ2v) is 6.26. The summed E-state index contributed by atoms with van der Waals surface area (Å²) in [4.78, 5) is 18.5. The Kier molecular flexibility index (Phi) is 4.76. The Bertz CT molecular complexity index is 896. The second kappa shape index (κ2) is 6.98. The minimum absolute atomic E-state index is 0.0222. The average molecular weight is 358 g/mol. The number of carbonyl (C=O) groups is 1. The molecule has 0 spiro atoms. The Balaban J connectivity index is 1.92. The third-order valence-electron chi connectivity index (χ3n) is 3.57. The number of phenolic OH excluding ortho intramolecular Hbond substituents is 1. The molecule has 25 heavy (non-hydrogen) atoms. The SMILES string of the molecule is COc1cc(/C=C2/SC(=Nc3ccccc3F)N(C)C2=O)ccc1O. The lowest BCUT2D eigenvalue weighted by atomic mass is 10.2. The van der Waals surface area contributed by atoms with Gasteiger partial charge in [-0.3, -0.25) is 9.69 Å². The highest BCUT2D eigenvalue weighted by Crippen LogP contribution is 2.35. The molecule has 0 saturated carbocycles. The van der Waals surface area contributed by atoms with Gasteiger partial charge in [0, 0.05) is 7.05 Å². The second-order valence-electron chi connectivity index (χ2n) is 5.25. The van der Waals surface area contributed by atoms with E-state index in [1.54, 1.807) is 43.5 Å². The van der Waals surface area contributed by atoms with Crippen molar-refractivity contribution in [1.29, 1.82) is 0 Å². The molecule has 2 aromatic carbocycles. The number of para-hydroxylation sites is 1. The van der Waals surface area contributed by atoms with E-state index in [-0.39, 0.29) is 17.3 Å². The van der Waals surface area contributed by atoms with Crippen LogP contribution < -0.4 is 4.74 Å². The summed E-state index contributed by atoms with van der Waals surface area (Å²) >= 11 is 1.16. The topological polar surface area (TPSA) is 62.1 Å². The van der Waals surface area contributed by atoms with Crippen LogP contribution in [0, 0.1) is 5.82 Å². The van der Waals surface area contributed by atoms with Crippen molar-refractivity contribution in [2.75, 3.05) is 14.2 Å². The molecule has 1 amide bonds. The average Bonchev–Trinajstić information content (AvgIpc) is 2.86. The van der Waals surface area contributed by atoms with Crippen LogP contribution in [-0.4, -0.2) is 35.2 Å². The van der Waals surface area contributed by atoms with Crippen LogP contribution in [0.15, 0.2) is 52.4 Å². The predicted molar refractivity (Wildman–Crippen MR) is 96.5 cm³/mol. The number of hydrogen-bond donors (Lipinski definition) is 1. The molecule has 5 nitrogen and oxygen atoms in total. The highest BCUT2D eigenvalue weighted by Gasteiger charge is 2.30.